The molecule has 0 amide bonds. The van der Waals surface area contributed by atoms with Crippen molar-refractivity contribution in [3.63, 3.8) is 0 Å². The fraction of sp³-hybridized carbons (Fsp3) is 0.0769. The van der Waals surface area contributed by atoms with Crippen molar-refractivity contribution in [3.8, 4) is 11.5 Å². The maximum absolute atomic E-state index is 6.04. The van der Waals surface area contributed by atoms with Crippen molar-refractivity contribution in [3.05, 3.63) is 57.0 Å². The van der Waals surface area contributed by atoms with Crippen molar-refractivity contribution in [1.29, 1.82) is 0 Å². The molecule has 2 aromatic rings. The summed E-state index contributed by atoms with van der Waals surface area (Å²) in [6.07, 6.45) is 0. The third-order valence-electron chi connectivity index (χ3n) is 2.27. The zero-order valence-electron chi connectivity index (χ0n) is 9.09. The van der Waals surface area contributed by atoms with Crippen LogP contribution in [0.15, 0.2) is 36.4 Å². The van der Waals surface area contributed by atoms with Crippen molar-refractivity contribution in [2.75, 3.05) is 0 Å². The van der Waals surface area contributed by atoms with E-state index >= 15 is 0 Å². The van der Waals surface area contributed by atoms with Crippen LogP contribution < -0.4 is 4.74 Å². The molecule has 0 heterocycles. The van der Waals surface area contributed by atoms with E-state index in [-0.39, 0.29) is 5.88 Å². The Labute approximate surface area is 125 Å². The Hall–Kier alpha value is -0.600. The number of ether oxygens (including phenoxy) is 1. The molecule has 0 aromatic heterocycles. The van der Waals surface area contributed by atoms with Crippen LogP contribution in [0.1, 0.15) is 5.56 Å². The molecule has 18 heavy (non-hydrogen) atoms. The van der Waals surface area contributed by atoms with Gasteiger partial charge in [0.05, 0.1) is 5.88 Å². The van der Waals surface area contributed by atoms with Crippen LogP contribution >= 0.6 is 46.4 Å². The van der Waals surface area contributed by atoms with E-state index < -0.39 is 0 Å². The molecule has 0 spiro atoms. The molecule has 94 valence electrons. The van der Waals surface area contributed by atoms with Gasteiger partial charge in [-0.25, -0.2) is 0 Å². The van der Waals surface area contributed by atoms with Crippen molar-refractivity contribution in [2.45, 2.75) is 5.88 Å². The number of hydrogen-bond donors (Lipinski definition) is 0. The summed E-state index contributed by atoms with van der Waals surface area (Å²) in [7, 11) is 0. The Morgan fingerprint density at radius 1 is 0.944 bits per heavy atom. The van der Waals surface area contributed by atoms with Crippen LogP contribution in [0.25, 0.3) is 0 Å². The second-order valence-electron chi connectivity index (χ2n) is 3.56. The third kappa shape index (κ3) is 3.24. The van der Waals surface area contributed by atoms with Crippen molar-refractivity contribution >= 4 is 46.4 Å². The molecule has 0 N–H and O–H groups in total. The van der Waals surface area contributed by atoms with Gasteiger partial charge < -0.3 is 4.74 Å². The molecule has 1 nitrogen and oxygen atoms in total. The minimum absolute atomic E-state index is 0.267. The SMILES string of the molecule is ClCc1c(Cl)cccc1Oc1cc(Cl)cc(Cl)c1. The summed E-state index contributed by atoms with van der Waals surface area (Å²) in [5, 5.41) is 1.58. The van der Waals surface area contributed by atoms with E-state index in [9.17, 15) is 0 Å². The van der Waals surface area contributed by atoms with Gasteiger partial charge >= 0.3 is 0 Å². The quantitative estimate of drug-likeness (QED) is 0.613. The highest BCUT2D eigenvalue weighted by molar-refractivity contribution is 6.34. The molecular weight excluding hydrogens is 314 g/mol. The van der Waals surface area contributed by atoms with E-state index in [0.29, 0.717) is 26.6 Å². The summed E-state index contributed by atoms with van der Waals surface area (Å²) in [5.41, 5.74) is 0.733. The average Bonchev–Trinajstić information content (AvgIpc) is 2.27. The van der Waals surface area contributed by atoms with Gasteiger partial charge in [0.15, 0.2) is 0 Å². The molecule has 0 radical (unpaired) electrons. The first-order chi connectivity index (χ1) is 8.60. The predicted octanol–water partition coefficient (Wildman–Crippen LogP) is 6.18. The average molecular weight is 322 g/mol. The van der Waals surface area contributed by atoms with Crippen LogP contribution in [0.3, 0.4) is 0 Å². The predicted molar refractivity (Wildman–Crippen MR) is 77.5 cm³/mol. The first-order valence-corrected chi connectivity index (χ1v) is 6.74. The molecule has 0 saturated heterocycles. The van der Waals surface area contributed by atoms with Crippen LogP contribution in [-0.4, -0.2) is 0 Å². The lowest BCUT2D eigenvalue weighted by molar-refractivity contribution is 0.478. The van der Waals surface area contributed by atoms with E-state index in [1.807, 2.05) is 0 Å². The summed E-state index contributed by atoms with van der Waals surface area (Å²) in [6, 6.07) is 10.3. The second kappa shape index (κ2) is 6.03. The van der Waals surface area contributed by atoms with Gasteiger partial charge in [-0.15, -0.1) is 11.6 Å². The van der Waals surface area contributed by atoms with Crippen LogP contribution in [0, 0.1) is 0 Å². The Balaban J connectivity index is 2.36. The van der Waals surface area contributed by atoms with E-state index in [2.05, 4.69) is 0 Å². The maximum atomic E-state index is 6.04. The lowest BCUT2D eigenvalue weighted by atomic mass is 10.2. The van der Waals surface area contributed by atoms with Gasteiger partial charge in [-0.05, 0) is 30.3 Å². The molecule has 0 unspecified atom stereocenters. The number of hydrogen-bond acceptors (Lipinski definition) is 1. The van der Waals surface area contributed by atoms with E-state index in [1.165, 1.54) is 0 Å². The van der Waals surface area contributed by atoms with Gasteiger partial charge in [0.25, 0.3) is 0 Å². The van der Waals surface area contributed by atoms with Crippen LogP contribution in [0.4, 0.5) is 0 Å². The summed E-state index contributed by atoms with van der Waals surface area (Å²) in [6.45, 7) is 0. The second-order valence-corrected chi connectivity index (χ2v) is 5.10. The Morgan fingerprint density at radius 2 is 1.61 bits per heavy atom. The minimum atomic E-state index is 0.267. The summed E-state index contributed by atoms with van der Waals surface area (Å²) in [4.78, 5) is 0. The monoisotopic (exact) mass is 320 g/mol. The normalized spacial score (nSPS) is 10.4. The zero-order valence-corrected chi connectivity index (χ0v) is 12.1. The minimum Gasteiger partial charge on any atom is -0.457 e. The molecule has 0 aliphatic heterocycles. The fourth-order valence-electron chi connectivity index (χ4n) is 1.48. The van der Waals surface area contributed by atoms with Crippen LogP contribution in [0.5, 0.6) is 11.5 Å². The molecule has 0 aliphatic rings. The van der Waals surface area contributed by atoms with Crippen molar-refractivity contribution < 1.29 is 4.74 Å². The maximum Gasteiger partial charge on any atom is 0.133 e. The zero-order chi connectivity index (χ0) is 13.1. The van der Waals surface area contributed by atoms with Gasteiger partial charge in [-0.3, -0.25) is 0 Å². The topological polar surface area (TPSA) is 9.23 Å². The number of alkyl halides is 1. The fourth-order valence-corrected chi connectivity index (χ4v) is 2.56. The Kier molecular flexibility index (Phi) is 4.63. The van der Waals surface area contributed by atoms with Crippen LogP contribution in [-0.2, 0) is 5.88 Å². The lowest BCUT2D eigenvalue weighted by Crippen LogP contribution is -1.90. The highest BCUT2D eigenvalue weighted by Gasteiger charge is 2.09. The molecule has 2 rings (SSSR count). The van der Waals surface area contributed by atoms with Crippen LogP contribution in [0.2, 0.25) is 15.1 Å². The van der Waals surface area contributed by atoms with Gasteiger partial charge in [0.1, 0.15) is 11.5 Å². The molecule has 0 saturated carbocycles. The first-order valence-electron chi connectivity index (χ1n) is 5.07. The molecule has 2 aromatic carbocycles. The van der Waals surface area contributed by atoms with Gasteiger partial charge in [0.2, 0.25) is 0 Å². The van der Waals surface area contributed by atoms with E-state index in [0.717, 1.165) is 5.56 Å². The first kappa shape index (κ1) is 13.8. The molecule has 5 heteroatoms. The number of rotatable bonds is 3. The molecule has 0 fully saturated rings. The summed E-state index contributed by atoms with van der Waals surface area (Å²) in [5.74, 6) is 1.40. The summed E-state index contributed by atoms with van der Waals surface area (Å²) >= 11 is 23.7. The van der Waals surface area contributed by atoms with Gasteiger partial charge in [0, 0.05) is 20.6 Å². The van der Waals surface area contributed by atoms with Gasteiger partial charge in [-0.1, -0.05) is 40.9 Å². The van der Waals surface area contributed by atoms with E-state index in [1.54, 1.807) is 36.4 Å². The highest BCUT2D eigenvalue weighted by atomic mass is 35.5. The van der Waals surface area contributed by atoms with Crippen molar-refractivity contribution in [1.82, 2.24) is 0 Å². The number of benzene rings is 2. The Morgan fingerprint density at radius 3 is 2.22 bits per heavy atom. The van der Waals surface area contributed by atoms with Crippen molar-refractivity contribution in [2.24, 2.45) is 0 Å². The molecular formula is C13H8Cl4O. The lowest BCUT2D eigenvalue weighted by Gasteiger charge is -2.11. The highest BCUT2D eigenvalue weighted by Crippen LogP contribution is 2.33. The molecule has 0 bridgehead atoms. The third-order valence-corrected chi connectivity index (χ3v) is 3.33. The van der Waals surface area contributed by atoms with E-state index in [4.69, 9.17) is 51.1 Å². The smallest absolute Gasteiger partial charge is 0.133 e. The Bertz CT molecular complexity index is 549. The number of halogens is 4. The molecule has 0 aliphatic carbocycles. The standard InChI is InChI=1S/C13H8Cl4O/c14-7-11-12(17)2-1-3-13(11)18-10-5-8(15)4-9(16)6-10/h1-6H,7H2. The molecule has 0 atom stereocenters. The summed E-state index contributed by atoms with van der Waals surface area (Å²) < 4.78 is 5.71. The largest absolute Gasteiger partial charge is 0.457 e. The van der Waals surface area contributed by atoms with Gasteiger partial charge in [-0.2, -0.15) is 0 Å².